The summed E-state index contributed by atoms with van der Waals surface area (Å²) in [6.45, 7) is 4.05. The molecule has 0 saturated heterocycles. The number of aliphatic hydroxyl groups is 1. The second-order valence-electron chi connectivity index (χ2n) is 3.45. The van der Waals surface area contributed by atoms with Crippen molar-refractivity contribution in [3.63, 3.8) is 0 Å². The summed E-state index contributed by atoms with van der Waals surface area (Å²) in [4.78, 5) is 11.2. The first-order valence-corrected chi connectivity index (χ1v) is 4.02. The highest BCUT2D eigenvalue weighted by atomic mass is 16.2. The van der Waals surface area contributed by atoms with Crippen LogP contribution in [0.3, 0.4) is 0 Å². The summed E-state index contributed by atoms with van der Waals surface area (Å²) in [5, 5.41) is 8.74. The normalized spacial score (nSPS) is 36.2. The Labute approximate surface area is 66.9 Å². The van der Waals surface area contributed by atoms with Gasteiger partial charge in [-0.15, -0.1) is 0 Å². The Kier molecular flexibility index (Phi) is 2.32. The quantitative estimate of drug-likeness (QED) is 0.428. The van der Waals surface area contributed by atoms with E-state index < -0.39 is 0 Å². The van der Waals surface area contributed by atoms with E-state index in [0.717, 1.165) is 12.7 Å². The molecule has 0 aromatic carbocycles. The zero-order chi connectivity index (χ0) is 8.43. The lowest BCUT2D eigenvalue weighted by Crippen LogP contribution is -2.22. The fraction of sp³-hybridized carbons (Fsp3) is 0.667. The molecule has 11 heavy (non-hydrogen) atoms. The zero-order valence-electron chi connectivity index (χ0n) is 7.00. The highest BCUT2D eigenvalue weighted by Crippen LogP contribution is 2.29. The average molecular weight is 154 g/mol. The maximum absolute atomic E-state index is 11.2. The van der Waals surface area contributed by atoms with E-state index in [2.05, 4.69) is 6.92 Å². The third-order valence-corrected chi connectivity index (χ3v) is 2.28. The van der Waals surface area contributed by atoms with Crippen LogP contribution in [0.25, 0.3) is 0 Å². The van der Waals surface area contributed by atoms with Gasteiger partial charge in [0.2, 0.25) is 0 Å². The molecule has 0 aromatic heterocycles. The molecule has 1 saturated carbocycles. The number of aliphatic hydroxyl groups excluding tert-OH is 1. The molecule has 1 fully saturated rings. The lowest BCUT2D eigenvalue weighted by Gasteiger charge is -2.24. The summed E-state index contributed by atoms with van der Waals surface area (Å²) >= 11 is 0. The number of hydrogen-bond donors (Lipinski definition) is 1. The van der Waals surface area contributed by atoms with E-state index in [1.54, 1.807) is 0 Å². The van der Waals surface area contributed by atoms with Crippen molar-refractivity contribution in [2.75, 3.05) is 0 Å². The van der Waals surface area contributed by atoms with Crippen molar-refractivity contribution in [2.24, 2.45) is 11.8 Å². The Hall–Kier alpha value is -0.790. The number of carbonyl (C=O) groups is 1. The smallest absolute Gasteiger partial charge is 0.162 e. The van der Waals surface area contributed by atoms with Crippen LogP contribution in [0.1, 0.15) is 26.7 Å². The molecule has 0 spiro atoms. The molecule has 1 N–H and O–H groups in total. The van der Waals surface area contributed by atoms with Crippen LogP contribution < -0.4 is 0 Å². The number of hydrogen-bond acceptors (Lipinski definition) is 2. The van der Waals surface area contributed by atoms with Crippen LogP contribution in [0.5, 0.6) is 0 Å². The summed E-state index contributed by atoms with van der Waals surface area (Å²) in [5.74, 6) is 0.816. The van der Waals surface area contributed by atoms with E-state index in [9.17, 15) is 4.79 Å². The Bertz CT molecular complexity index is 194. The molecule has 2 unspecified atom stereocenters. The van der Waals surface area contributed by atoms with Gasteiger partial charge in [0.1, 0.15) is 0 Å². The molecule has 1 aliphatic rings. The molecule has 1 aliphatic carbocycles. The maximum atomic E-state index is 11.2. The van der Waals surface area contributed by atoms with Crippen molar-refractivity contribution < 1.29 is 9.90 Å². The Morgan fingerprint density at radius 2 is 2.18 bits per heavy atom. The van der Waals surface area contributed by atoms with Gasteiger partial charge in [-0.2, -0.15) is 0 Å². The van der Waals surface area contributed by atoms with E-state index in [0.29, 0.717) is 17.9 Å². The topological polar surface area (TPSA) is 37.3 Å². The second kappa shape index (κ2) is 3.07. The molecule has 0 bridgehead atoms. The third-order valence-electron chi connectivity index (χ3n) is 2.28. The zero-order valence-corrected chi connectivity index (χ0v) is 7.00. The Morgan fingerprint density at radius 1 is 1.55 bits per heavy atom. The molecule has 2 atom stereocenters. The van der Waals surface area contributed by atoms with Gasteiger partial charge in [-0.05, 0) is 18.3 Å². The van der Waals surface area contributed by atoms with Gasteiger partial charge in [0.05, 0.1) is 6.26 Å². The maximum Gasteiger partial charge on any atom is 0.162 e. The standard InChI is InChI=1S/C9H14O2/c1-6-3-7(2)8(5-10)9(11)4-6/h5-7,10H,3-4H2,1-2H3. The molecule has 0 aromatic rings. The fourth-order valence-electron chi connectivity index (χ4n) is 1.72. The first kappa shape index (κ1) is 8.31. The van der Waals surface area contributed by atoms with E-state index in [1.807, 2.05) is 6.92 Å². The van der Waals surface area contributed by atoms with Crippen LogP contribution in [0, 0.1) is 11.8 Å². The number of carbonyl (C=O) groups excluding carboxylic acids is 1. The second-order valence-corrected chi connectivity index (χ2v) is 3.45. The minimum Gasteiger partial charge on any atom is -0.515 e. The monoisotopic (exact) mass is 154 g/mol. The molecule has 0 aliphatic heterocycles. The van der Waals surface area contributed by atoms with Gasteiger partial charge in [0.15, 0.2) is 5.78 Å². The van der Waals surface area contributed by atoms with Crippen LogP contribution in [0.2, 0.25) is 0 Å². The minimum absolute atomic E-state index is 0.110. The summed E-state index contributed by atoms with van der Waals surface area (Å²) in [7, 11) is 0. The molecular formula is C9H14O2. The highest BCUT2D eigenvalue weighted by molar-refractivity contribution is 5.96. The SMILES string of the molecule is CC1CC(=O)C(=CO)C(C)C1. The van der Waals surface area contributed by atoms with Crippen molar-refractivity contribution >= 4 is 5.78 Å². The van der Waals surface area contributed by atoms with Gasteiger partial charge in [-0.1, -0.05) is 13.8 Å². The van der Waals surface area contributed by atoms with Crippen molar-refractivity contribution in [1.29, 1.82) is 0 Å². The van der Waals surface area contributed by atoms with Crippen LogP contribution >= 0.6 is 0 Å². The van der Waals surface area contributed by atoms with E-state index in [1.165, 1.54) is 0 Å². The predicted molar refractivity (Wildman–Crippen MR) is 43.3 cm³/mol. The molecule has 0 radical (unpaired) electrons. The van der Waals surface area contributed by atoms with Crippen LogP contribution in [-0.2, 0) is 4.79 Å². The van der Waals surface area contributed by atoms with Gasteiger partial charge in [0, 0.05) is 12.0 Å². The number of Topliss-reactive ketones (excluding diaryl/α,β-unsaturated/α-hetero) is 1. The molecular weight excluding hydrogens is 140 g/mol. The van der Waals surface area contributed by atoms with Gasteiger partial charge >= 0.3 is 0 Å². The molecule has 62 valence electrons. The van der Waals surface area contributed by atoms with Gasteiger partial charge in [0.25, 0.3) is 0 Å². The highest BCUT2D eigenvalue weighted by Gasteiger charge is 2.26. The molecule has 0 amide bonds. The molecule has 0 heterocycles. The minimum atomic E-state index is 0.110. The predicted octanol–water partition coefficient (Wildman–Crippen LogP) is 2.06. The van der Waals surface area contributed by atoms with Gasteiger partial charge in [-0.3, -0.25) is 4.79 Å². The van der Waals surface area contributed by atoms with Crippen LogP contribution in [-0.4, -0.2) is 10.9 Å². The number of ketones is 1. The number of rotatable bonds is 0. The van der Waals surface area contributed by atoms with Crippen LogP contribution in [0.15, 0.2) is 11.8 Å². The Balaban J connectivity index is 2.75. The summed E-state index contributed by atoms with van der Waals surface area (Å²) < 4.78 is 0. The summed E-state index contributed by atoms with van der Waals surface area (Å²) in [5.41, 5.74) is 0.600. The van der Waals surface area contributed by atoms with Gasteiger partial charge < -0.3 is 5.11 Å². The lowest BCUT2D eigenvalue weighted by atomic mass is 9.79. The summed E-state index contributed by atoms with van der Waals surface area (Å²) in [6, 6.07) is 0. The van der Waals surface area contributed by atoms with Crippen molar-refractivity contribution in [3.8, 4) is 0 Å². The first-order valence-electron chi connectivity index (χ1n) is 4.02. The molecule has 2 heteroatoms. The van der Waals surface area contributed by atoms with Crippen molar-refractivity contribution in [1.82, 2.24) is 0 Å². The first-order chi connectivity index (χ1) is 5.15. The molecule has 2 nitrogen and oxygen atoms in total. The van der Waals surface area contributed by atoms with Crippen LogP contribution in [0.4, 0.5) is 0 Å². The number of allylic oxidation sites excluding steroid dienone is 1. The Morgan fingerprint density at radius 3 is 2.64 bits per heavy atom. The van der Waals surface area contributed by atoms with Crippen molar-refractivity contribution in [2.45, 2.75) is 26.7 Å². The summed E-state index contributed by atoms with van der Waals surface area (Å²) in [6.07, 6.45) is 2.58. The van der Waals surface area contributed by atoms with E-state index >= 15 is 0 Å². The lowest BCUT2D eigenvalue weighted by molar-refractivity contribution is -0.118. The largest absolute Gasteiger partial charge is 0.515 e. The van der Waals surface area contributed by atoms with E-state index in [4.69, 9.17) is 5.11 Å². The van der Waals surface area contributed by atoms with E-state index in [-0.39, 0.29) is 11.7 Å². The fourth-order valence-corrected chi connectivity index (χ4v) is 1.72. The van der Waals surface area contributed by atoms with Gasteiger partial charge in [-0.25, -0.2) is 0 Å². The molecule has 1 rings (SSSR count). The van der Waals surface area contributed by atoms with Crippen molar-refractivity contribution in [3.05, 3.63) is 11.8 Å². The third kappa shape index (κ3) is 1.62. The average Bonchev–Trinajstić information content (AvgIpc) is 1.85.